The highest BCUT2D eigenvalue weighted by Crippen LogP contribution is 2.08. The molecule has 0 aliphatic heterocycles. The van der Waals surface area contributed by atoms with Crippen LogP contribution in [0.5, 0.6) is 0 Å². The number of rotatable bonds is 8. The molecule has 0 aliphatic rings. The van der Waals surface area contributed by atoms with Crippen molar-refractivity contribution in [1.29, 1.82) is 5.41 Å². The molecule has 0 bridgehead atoms. The summed E-state index contributed by atoms with van der Waals surface area (Å²) in [5.41, 5.74) is 3.66. The summed E-state index contributed by atoms with van der Waals surface area (Å²) in [5, 5.41) is 10.4. The Balaban J connectivity index is 3.13. The van der Waals surface area contributed by atoms with Gasteiger partial charge in [-0.25, -0.2) is 4.99 Å². The molecule has 5 heteroatoms. The lowest BCUT2D eigenvalue weighted by atomic mass is 10.2. The van der Waals surface area contributed by atoms with Crippen LogP contribution >= 0.6 is 0 Å². The molecule has 0 radical (unpaired) electrons. The van der Waals surface area contributed by atoms with E-state index in [2.05, 4.69) is 27.3 Å². The maximum Gasteiger partial charge on any atom is 0.128 e. The van der Waals surface area contributed by atoms with Gasteiger partial charge < -0.3 is 15.6 Å². The molecule has 0 spiro atoms. The van der Waals surface area contributed by atoms with Gasteiger partial charge in [0, 0.05) is 39.3 Å². The summed E-state index contributed by atoms with van der Waals surface area (Å²) < 4.78 is 0. The Kier molecular flexibility index (Phi) is 9.39. The van der Waals surface area contributed by atoms with E-state index in [1.165, 1.54) is 11.8 Å². The van der Waals surface area contributed by atoms with Crippen LogP contribution in [0, 0.1) is 5.41 Å². The average molecular weight is 351 g/mol. The molecule has 5 nitrogen and oxygen atoms in total. The highest BCUT2D eigenvalue weighted by Gasteiger charge is 2.06. The van der Waals surface area contributed by atoms with Crippen LogP contribution in [-0.4, -0.2) is 37.3 Å². The Morgan fingerprint density at radius 2 is 1.92 bits per heavy atom. The molecule has 0 heterocycles. The summed E-state index contributed by atoms with van der Waals surface area (Å²) in [5.74, 6) is 0.866. The topological polar surface area (TPSA) is 63.8 Å². The van der Waals surface area contributed by atoms with E-state index in [0.29, 0.717) is 0 Å². The highest BCUT2D eigenvalue weighted by atomic mass is 15.2. The number of likely N-dealkylation sites (N-methyl/N-ethyl adjacent to an activating group) is 1. The fourth-order valence-corrected chi connectivity index (χ4v) is 2.17. The largest absolute Gasteiger partial charge is 0.359 e. The van der Waals surface area contributed by atoms with Crippen LogP contribution in [0.4, 0.5) is 0 Å². The van der Waals surface area contributed by atoms with Crippen LogP contribution in [0.15, 0.2) is 75.6 Å². The molecule has 2 N–H and O–H groups in total. The van der Waals surface area contributed by atoms with Crippen LogP contribution in [-0.2, 0) is 6.54 Å². The molecule has 0 unspecified atom stereocenters. The van der Waals surface area contributed by atoms with Crippen molar-refractivity contribution in [2.75, 3.05) is 14.1 Å². The second-order valence-electron chi connectivity index (χ2n) is 5.88. The van der Waals surface area contributed by atoms with E-state index in [9.17, 15) is 0 Å². The first-order valence-electron chi connectivity index (χ1n) is 8.55. The van der Waals surface area contributed by atoms with Crippen molar-refractivity contribution in [2.24, 2.45) is 9.98 Å². The van der Waals surface area contributed by atoms with Gasteiger partial charge >= 0.3 is 0 Å². The van der Waals surface area contributed by atoms with E-state index in [1.54, 1.807) is 19.5 Å². The maximum atomic E-state index is 7.27. The van der Waals surface area contributed by atoms with Crippen molar-refractivity contribution in [2.45, 2.75) is 27.3 Å². The quantitative estimate of drug-likeness (QED) is 0.545. The zero-order valence-corrected chi connectivity index (χ0v) is 16.3. The lowest BCUT2D eigenvalue weighted by molar-refractivity contribution is 0.502. The summed E-state index contributed by atoms with van der Waals surface area (Å²) in [4.78, 5) is 11.0. The van der Waals surface area contributed by atoms with E-state index in [4.69, 9.17) is 10.4 Å². The number of nitrogens with zero attached hydrogens (tertiary/aromatic N) is 3. The fraction of sp³-hybridized carbons (Fsp3) is 0.286. The van der Waals surface area contributed by atoms with Gasteiger partial charge in [0.1, 0.15) is 5.84 Å². The van der Waals surface area contributed by atoms with E-state index in [0.717, 1.165) is 29.3 Å². The molecule has 1 rings (SSSR count). The Bertz CT molecular complexity index is 724. The number of aliphatic imine (C=N–C) groups is 2. The Morgan fingerprint density at radius 3 is 2.50 bits per heavy atom. The third kappa shape index (κ3) is 7.30. The summed E-state index contributed by atoms with van der Waals surface area (Å²) in [6.45, 7) is 6.55. The molecule has 26 heavy (non-hydrogen) atoms. The first-order valence-corrected chi connectivity index (χ1v) is 8.55. The zero-order valence-electron chi connectivity index (χ0n) is 16.3. The van der Waals surface area contributed by atoms with E-state index >= 15 is 0 Å². The van der Waals surface area contributed by atoms with Gasteiger partial charge in [-0.15, -0.1) is 0 Å². The van der Waals surface area contributed by atoms with Crippen LogP contribution in [0.25, 0.3) is 0 Å². The van der Waals surface area contributed by atoms with Crippen molar-refractivity contribution in [3.63, 3.8) is 0 Å². The molecule has 0 aromatic heterocycles. The van der Waals surface area contributed by atoms with Crippen molar-refractivity contribution >= 4 is 18.3 Å². The standard InChI is InChI=1S/C21H29N5/c1-6-10-21(26(5)16-19-11-8-7-9-12-19)25-18(3)20(15-23-4)24-14-17(2)13-22/h6-15,22,24H,16H2,1-5H3/b10-6-,17-14-,20-18-,22-13?,23-15-,25-21+. The van der Waals surface area contributed by atoms with E-state index < -0.39 is 0 Å². The SMILES string of the molecule is C\C=C/C(=N\C(C)=C(\C=N/C)N/C=C(/C)C=N)N(C)Cc1ccccc1. The van der Waals surface area contributed by atoms with Crippen LogP contribution in [0.2, 0.25) is 0 Å². The van der Waals surface area contributed by atoms with Gasteiger partial charge in [-0.05, 0) is 38.0 Å². The second-order valence-corrected chi connectivity index (χ2v) is 5.88. The van der Waals surface area contributed by atoms with Crippen molar-refractivity contribution in [3.8, 4) is 0 Å². The van der Waals surface area contributed by atoms with Crippen molar-refractivity contribution < 1.29 is 0 Å². The average Bonchev–Trinajstić information content (AvgIpc) is 2.65. The van der Waals surface area contributed by atoms with Crippen LogP contribution < -0.4 is 5.32 Å². The highest BCUT2D eigenvalue weighted by molar-refractivity contribution is 5.94. The number of allylic oxidation sites excluding steroid dienone is 4. The summed E-state index contributed by atoms with van der Waals surface area (Å²) in [6.07, 6.45) is 8.77. The van der Waals surface area contributed by atoms with Gasteiger partial charge in [0.05, 0.1) is 11.4 Å². The van der Waals surface area contributed by atoms with Crippen molar-refractivity contribution in [3.05, 3.63) is 71.2 Å². The predicted octanol–water partition coefficient (Wildman–Crippen LogP) is 4.17. The molecule has 0 fully saturated rings. The number of hydrogen-bond acceptors (Lipinski definition) is 4. The van der Waals surface area contributed by atoms with Gasteiger partial charge in [-0.3, -0.25) is 4.99 Å². The first kappa shape index (κ1) is 21.1. The zero-order chi connectivity index (χ0) is 19.4. The number of nitrogens with one attached hydrogen (secondary N) is 2. The number of benzene rings is 1. The second kappa shape index (κ2) is 11.6. The summed E-state index contributed by atoms with van der Waals surface area (Å²) in [7, 11) is 3.75. The summed E-state index contributed by atoms with van der Waals surface area (Å²) >= 11 is 0. The molecule has 1 aromatic carbocycles. The molecular weight excluding hydrogens is 322 g/mol. The third-order valence-electron chi connectivity index (χ3n) is 3.58. The number of hydrogen-bond donors (Lipinski definition) is 2. The third-order valence-corrected chi connectivity index (χ3v) is 3.58. The predicted molar refractivity (Wildman–Crippen MR) is 113 cm³/mol. The number of amidine groups is 1. The smallest absolute Gasteiger partial charge is 0.128 e. The Morgan fingerprint density at radius 1 is 1.23 bits per heavy atom. The fourth-order valence-electron chi connectivity index (χ4n) is 2.17. The Hall–Kier alpha value is -2.95. The lowest BCUT2D eigenvalue weighted by Gasteiger charge is -2.20. The van der Waals surface area contributed by atoms with Gasteiger partial charge in [0.25, 0.3) is 0 Å². The maximum absolute atomic E-state index is 7.27. The van der Waals surface area contributed by atoms with Gasteiger partial charge in [0.2, 0.25) is 0 Å². The minimum Gasteiger partial charge on any atom is -0.359 e. The minimum atomic E-state index is 0.773. The summed E-state index contributed by atoms with van der Waals surface area (Å²) in [6, 6.07) is 10.3. The van der Waals surface area contributed by atoms with Crippen LogP contribution in [0.1, 0.15) is 26.3 Å². The lowest BCUT2D eigenvalue weighted by Crippen LogP contribution is -2.25. The first-order chi connectivity index (χ1) is 12.5. The van der Waals surface area contributed by atoms with Crippen LogP contribution in [0.3, 0.4) is 0 Å². The molecule has 138 valence electrons. The minimum absolute atomic E-state index is 0.773. The molecule has 0 amide bonds. The molecule has 0 aliphatic carbocycles. The van der Waals surface area contributed by atoms with E-state index in [1.807, 2.05) is 58.2 Å². The normalized spacial score (nSPS) is 13.9. The molecule has 0 saturated carbocycles. The van der Waals surface area contributed by atoms with Gasteiger partial charge in [-0.2, -0.15) is 0 Å². The van der Waals surface area contributed by atoms with Crippen molar-refractivity contribution in [1.82, 2.24) is 10.2 Å². The van der Waals surface area contributed by atoms with E-state index in [-0.39, 0.29) is 0 Å². The molecule has 0 atom stereocenters. The molecular formula is C21H29N5. The van der Waals surface area contributed by atoms with Gasteiger partial charge in [0.15, 0.2) is 0 Å². The monoisotopic (exact) mass is 351 g/mol. The molecule has 0 saturated heterocycles. The Labute approximate surface area is 157 Å². The van der Waals surface area contributed by atoms with Gasteiger partial charge in [-0.1, -0.05) is 36.4 Å². The molecule has 1 aromatic rings.